The Morgan fingerprint density at radius 3 is 2.50 bits per heavy atom. The van der Waals surface area contributed by atoms with Crippen LogP contribution in [0.3, 0.4) is 0 Å². The van der Waals surface area contributed by atoms with Gasteiger partial charge in [0.05, 0.1) is 26.1 Å². The highest BCUT2D eigenvalue weighted by molar-refractivity contribution is 5.13. The van der Waals surface area contributed by atoms with Crippen molar-refractivity contribution in [1.82, 2.24) is 0 Å². The van der Waals surface area contributed by atoms with Crippen molar-refractivity contribution in [3.8, 4) is 0 Å². The van der Waals surface area contributed by atoms with Gasteiger partial charge in [0, 0.05) is 0 Å². The fraction of sp³-hybridized carbons (Fsp3) is 0.500. The van der Waals surface area contributed by atoms with Crippen molar-refractivity contribution in [1.29, 1.82) is 0 Å². The van der Waals surface area contributed by atoms with Gasteiger partial charge in [-0.15, -0.1) is 0 Å². The summed E-state index contributed by atoms with van der Waals surface area (Å²) in [5.41, 5.74) is 1.26. The van der Waals surface area contributed by atoms with Crippen LogP contribution >= 0.6 is 0 Å². The lowest BCUT2D eigenvalue weighted by molar-refractivity contribution is 0.0109. The molecule has 0 spiro atoms. The molecule has 0 N–H and O–H groups in total. The van der Waals surface area contributed by atoms with Crippen LogP contribution in [0.15, 0.2) is 42.7 Å². The Bertz CT molecular complexity index is 351. The van der Waals surface area contributed by atoms with Crippen LogP contribution in [0.5, 0.6) is 0 Å². The topological polar surface area (TPSA) is 18.5 Å². The van der Waals surface area contributed by atoms with Gasteiger partial charge in [0.1, 0.15) is 0 Å². The van der Waals surface area contributed by atoms with E-state index in [9.17, 15) is 0 Å². The van der Waals surface area contributed by atoms with Crippen molar-refractivity contribution in [2.75, 3.05) is 7.11 Å². The maximum absolute atomic E-state index is 5.97. The van der Waals surface area contributed by atoms with Crippen LogP contribution in [0, 0.1) is 5.92 Å². The van der Waals surface area contributed by atoms with E-state index >= 15 is 0 Å². The normalized spacial score (nSPS) is 24.3. The first kappa shape index (κ1) is 13.2. The first-order valence-corrected chi connectivity index (χ1v) is 6.73. The fourth-order valence-electron chi connectivity index (χ4n) is 2.43. The fourth-order valence-corrected chi connectivity index (χ4v) is 2.43. The lowest BCUT2D eigenvalue weighted by atomic mass is 9.87. The molecule has 1 aliphatic rings. The number of benzene rings is 1. The van der Waals surface area contributed by atoms with E-state index in [0.29, 0.717) is 12.0 Å². The molecule has 0 saturated heterocycles. The molecule has 0 radical (unpaired) electrons. The summed E-state index contributed by atoms with van der Waals surface area (Å²) in [5, 5.41) is 0. The van der Waals surface area contributed by atoms with Crippen LogP contribution in [0.1, 0.15) is 31.2 Å². The van der Waals surface area contributed by atoms with Crippen LogP contribution in [-0.4, -0.2) is 13.2 Å². The van der Waals surface area contributed by atoms with E-state index < -0.39 is 0 Å². The molecule has 1 aliphatic carbocycles. The van der Waals surface area contributed by atoms with Crippen LogP contribution < -0.4 is 0 Å². The molecule has 2 nitrogen and oxygen atoms in total. The molecular formula is C16H22O2. The van der Waals surface area contributed by atoms with Crippen LogP contribution in [0.25, 0.3) is 0 Å². The van der Waals surface area contributed by atoms with Gasteiger partial charge in [0.15, 0.2) is 0 Å². The van der Waals surface area contributed by atoms with E-state index in [1.165, 1.54) is 18.4 Å². The summed E-state index contributed by atoms with van der Waals surface area (Å²) in [5.74, 6) is 0.668. The first-order chi connectivity index (χ1) is 8.88. The van der Waals surface area contributed by atoms with Crippen LogP contribution in [0.4, 0.5) is 0 Å². The summed E-state index contributed by atoms with van der Waals surface area (Å²) in [6.07, 6.45) is 9.14. The molecule has 0 amide bonds. The number of hydrogen-bond donors (Lipinski definition) is 0. The van der Waals surface area contributed by atoms with Gasteiger partial charge in [0.25, 0.3) is 0 Å². The largest absolute Gasteiger partial charge is 0.505 e. The number of rotatable bonds is 5. The second-order valence-electron chi connectivity index (χ2n) is 4.90. The highest BCUT2D eigenvalue weighted by atomic mass is 16.5. The van der Waals surface area contributed by atoms with E-state index in [1.807, 2.05) is 6.07 Å². The summed E-state index contributed by atoms with van der Waals surface area (Å²) < 4.78 is 10.9. The molecule has 0 unspecified atom stereocenters. The molecule has 1 saturated carbocycles. The molecule has 1 aromatic carbocycles. The molecule has 0 atom stereocenters. The summed E-state index contributed by atoms with van der Waals surface area (Å²) in [7, 11) is 1.70. The Hall–Kier alpha value is -1.28. The molecule has 2 heteroatoms. The van der Waals surface area contributed by atoms with E-state index in [4.69, 9.17) is 9.47 Å². The summed E-state index contributed by atoms with van der Waals surface area (Å²) >= 11 is 0. The predicted octanol–water partition coefficient (Wildman–Crippen LogP) is 3.92. The van der Waals surface area contributed by atoms with Crippen molar-refractivity contribution in [2.45, 2.75) is 38.4 Å². The summed E-state index contributed by atoms with van der Waals surface area (Å²) in [4.78, 5) is 0. The molecule has 18 heavy (non-hydrogen) atoms. The number of ether oxygens (including phenoxy) is 2. The number of methoxy groups -OCH3 is 1. The van der Waals surface area contributed by atoms with Gasteiger partial charge in [0.2, 0.25) is 0 Å². The van der Waals surface area contributed by atoms with Crippen molar-refractivity contribution in [3.05, 3.63) is 48.2 Å². The Labute approximate surface area is 110 Å². The zero-order chi connectivity index (χ0) is 12.6. The minimum absolute atomic E-state index is 0.428. The van der Waals surface area contributed by atoms with Gasteiger partial charge in [-0.3, -0.25) is 0 Å². The predicted molar refractivity (Wildman–Crippen MR) is 73.1 cm³/mol. The van der Waals surface area contributed by atoms with Crippen LogP contribution in [0.2, 0.25) is 0 Å². The minimum atomic E-state index is 0.428. The standard InChI is InChI=1S/C16H22O2/c1-17-12-11-14-7-9-16(10-8-14)18-13-15-5-3-2-4-6-15/h2-6,11-12,14,16H,7-10,13H2,1H3. The zero-order valence-electron chi connectivity index (χ0n) is 11.0. The maximum Gasteiger partial charge on any atom is 0.0787 e. The Morgan fingerprint density at radius 1 is 1.11 bits per heavy atom. The average molecular weight is 246 g/mol. The minimum Gasteiger partial charge on any atom is -0.505 e. The third-order valence-electron chi connectivity index (χ3n) is 3.53. The molecule has 0 aromatic heterocycles. The SMILES string of the molecule is COC=CC1CCC(OCc2ccccc2)CC1. The molecule has 1 aromatic rings. The van der Waals surface area contributed by atoms with E-state index in [2.05, 4.69) is 30.3 Å². The first-order valence-electron chi connectivity index (χ1n) is 6.73. The van der Waals surface area contributed by atoms with Gasteiger partial charge in [-0.1, -0.05) is 30.3 Å². The third kappa shape index (κ3) is 4.19. The molecule has 2 rings (SSSR count). The second-order valence-corrected chi connectivity index (χ2v) is 4.90. The maximum atomic E-state index is 5.97. The van der Waals surface area contributed by atoms with Crippen molar-refractivity contribution < 1.29 is 9.47 Å². The Kier molecular flexibility index (Phi) is 5.28. The Balaban J connectivity index is 1.69. The van der Waals surface area contributed by atoms with E-state index in [-0.39, 0.29) is 0 Å². The monoisotopic (exact) mass is 246 g/mol. The third-order valence-corrected chi connectivity index (χ3v) is 3.53. The average Bonchev–Trinajstić information content (AvgIpc) is 2.45. The van der Waals surface area contributed by atoms with Gasteiger partial charge in [-0.05, 0) is 43.2 Å². The second kappa shape index (κ2) is 7.22. The van der Waals surface area contributed by atoms with Gasteiger partial charge >= 0.3 is 0 Å². The molecule has 1 fully saturated rings. The van der Waals surface area contributed by atoms with E-state index in [0.717, 1.165) is 19.4 Å². The van der Waals surface area contributed by atoms with E-state index in [1.54, 1.807) is 13.4 Å². The lowest BCUT2D eigenvalue weighted by Crippen LogP contribution is -2.20. The number of hydrogen-bond acceptors (Lipinski definition) is 2. The smallest absolute Gasteiger partial charge is 0.0787 e. The van der Waals surface area contributed by atoms with Gasteiger partial charge < -0.3 is 9.47 Å². The number of allylic oxidation sites excluding steroid dienone is 1. The zero-order valence-corrected chi connectivity index (χ0v) is 11.0. The van der Waals surface area contributed by atoms with Crippen molar-refractivity contribution in [2.24, 2.45) is 5.92 Å². The molecule has 0 bridgehead atoms. The lowest BCUT2D eigenvalue weighted by Gasteiger charge is -2.26. The van der Waals surface area contributed by atoms with Crippen molar-refractivity contribution in [3.63, 3.8) is 0 Å². The molecule has 0 heterocycles. The highest BCUT2D eigenvalue weighted by Crippen LogP contribution is 2.27. The molecule has 98 valence electrons. The van der Waals surface area contributed by atoms with Gasteiger partial charge in [-0.2, -0.15) is 0 Å². The summed E-state index contributed by atoms with van der Waals surface area (Å²) in [6, 6.07) is 10.4. The molecular weight excluding hydrogens is 224 g/mol. The van der Waals surface area contributed by atoms with Crippen LogP contribution in [-0.2, 0) is 16.1 Å². The Morgan fingerprint density at radius 2 is 1.83 bits per heavy atom. The highest BCUT2D eigenvalue weighted by Gasteiger charge is 2.19. The van der Waals surface area contributed by atoms with Crippen molar-refractivity contribution >= 4 is 0 Å². The molecule has 0 aliphatic heterocycles. The quantitative estimate of drug-likeness (QED) is 0.733. The summed E-state index contributed by atoms with van der Waals surface area (Å²) in [6.45, 7) is 0.740. The van der Waals surface area contributed by atoms with Gasteiger partial charge in [-0.25, -0.2) is 0 Å².